The number of benzene rings is 2. The highest BCUT2D eigenvalue weighted by Crippen LogP contribution is 2.28. The van der Waals surface area contributed by atoms with Crippen molar-refractivity contribution in [2.24, 2.45) is 0 Å². The molecule has 3 heteroatoms. The van der Waals surface area contributed by atoms with Crippen LogP contribution in [0.2, 0.25) is 0 Å². The Balaban J connectivity index is 2.16. The van der Waals surface area contributed by atoms with Gasteiger partial charge in [0.1, 0.15) is 11.5 Å². The van der Waals surface area contributed by atoms with Gasteiger partial charge in [-0.2, -0.15) is 0 Å². The van der Waals surface area contributed by atoms with Crippen molar-refractivity contribution in [3.8, 4) is 11.5 Å². The molecule has 0 aliphatic heterocycles. The lowest BCUT2D eigenvalue weighted by Crippen LogP contribution is -2.10. The molecule has 0 heterocycles. The lowest BCUT2D eigenvalue weighted by Gasteiger charge is -2.20. The van der Waals surface area contributed by atoms with Gasteiger partial charge in [-0.15, -0.1) is 0 Å². The number of hydrogen-bond donors (Lipinski definition) is 2. The maximum absolute atomic E-state index is 9.39. The first kappa shape index (κ1) is 15.2. The maximum atomic E-state index is 9.39. The van der Waals surface area contributed by atoms with Crippen LogP contribution in [-0.4, -0.2) is 11.7 Å². The standard InChI is InChI=1S/C18H23NO2/c1-4-17(14-6-8-15(20)9-7-14)19-18-11-10-16(21-5-2)12-13(18)3/h6-12,17,19-20H,4-5H2,1-3H3. The van der Waals surface area contributed by atoms with E-state index >= 15 is 0 Å². The second kappa shape index (κ2) is 7.02. The summed E-state index contributed by atoms with van der Waals surface area (Å²) in [5, 5.41) is 13.0. The van der Waals surface area contributed by atoms with E-state index in [0.717, 1.165) is 23.4 Å². The fraction of sp³-hybridized carbons (Fsp3) is 0.333. The quantitative estimate of drug-likeness (QED) is 0.811. The van der Waals surface area contributed by atoms with Gasteiger partial charge >= 0.3 is 0 Å². The summed E-state index contributed by atoms with van der Waals surface area (Å²) in [6, 6.07) is 13.7. The van der Waals surface area contributed by atoms with Gasteiger partial charge in [0.25, 0.3) is 0 Å². The molecule has 0 radical (unpaired) electrons. The second-order valence-corrected chi connectivity index (χ2v) is 5.11. The first-order valence-electron chi connectivity index (χ1n) is 7.43. The van der Waals surface area contributed by atoms with Gasteiger partial charge in [-0.1, -0.05) is 19.1 Å². The van der Waals surface area contributed by atoms with E-state index in [2.05, 4.69) is 31.3 Å². The molecule has 0 aliphatic rings. The second-order valence-electron chi connectivity index (χ2n) is 5.11. The van der Waals surface area contributed by atoms with Crippen LogP contribution in [0.15, 0.2) is 42.5 Å². The lowest BCUT2D eigenvalue weighted by molar-refractivity contribution is 0.340. The van der Waals surface area contributed by atoms with Crippen LogP contribution in [0.3, 0.4) is 0 Å². The molecule has 0 aliphatic carbocycles. The van der Waals surface area contributed by atoms with Crippen LogP contribution in [-0.2, 0) is 0 Å². The summed E-state index contributed by atoms with van der Waals surface area (Å²) in [6.45, 7) is 6.89. The van der Waals surface area contributed by atoms with Gasteiger partial charge in [0, 0.05) is 5.69 Å². The third-order valence-electron chi connectivity index (χ3n) is 3.54. The fourth-order valence-corrected chi connectivity index (χ4v) is 2.37. The zero-order chi connectivity index (χ0) is 15.2. The van der Waals surface area contributed by atoms with E-state index in [1.54, 1.807) is 12.1 Å². The summed E-state index contributed by atoms with van der Waals surface area (Å²) < 4.78 is 5.52. The Labute approximate surface area is 126 Å². The molecule has 1 unspecified atom stereocenters. The predicted molar refractivity (Wildman–Crippen MR) is 87.1 cm³/mol. The zero-order valence-corrected chi connectivity index (χ0v) is 12.9. The normalized spacial score (nSPS) is 12.0. The van der Waals surface area contributed by atoms with Crippen molar-refractivity contribution in [1.82, 2.24) is 0 Å². The Morgan fingerprint density at radius 1 is 1.10 bits per heavy atom. The van der Waals surface area contributed by atoms with Crippen molar-refractivity contribution < 1.29 is 9.84 Å². The minimum absolute atomic E-state index is 0.224. The first-order chi connectivity index (χ1) is 10.1. The van der Waals surface area contributed by atoms with Crippen molar-refractivity contribution in [3.05, 3.63) is 53.6 Å². The Morgan fingerprint density at radius 3 is 2.38 bits per heavy atom. The topological polar surface area (TPSA) is 41.5 Å². The average molecular weight is 285 g/mol. The van der Waals surface area contributed by atoms with Crippen molar-refractivity contribution in [1.29, 1.82) is 0 Å². The lowest BCUT2D eigenvalue weighted by atomic mass is 10.0. The molecular formula is C18H23NO2. The molecule has 0 fully saturated rings. The van der Waals surface area contributed by atoms with Crippen molar-refractivity contribution in [2.75, 3.05) is 11.9 Å². The van der Waals surface area contributed by atoms with Crippen LogP contribution in [0.1, 0.15) is 37.4 Å². The Kier molecular flexibility index (Phi) is 5.09. The van der Waals surface area contributed by atoms with E-state index in [4.69, 9.17) is 4.74 Å². The third-order valence-corrected chi connectivity index (χ3v) is 3.54. The molecule has 0 aromatic heterocycles. The van der Waals surface area contributed by atoms with Gasteiger partial charge in [-0.3, -0.25) is 0 Å². The molecule has 0 amide bonds. The average Bonchev–Trinajstić information content (AvgIpc) is 2.48. The fourth-order valence-electron chi connectivity index (χ4n) is 2.37. The molecule has 21 heavy (non-hydrogen) atoms. The first-order valence-corrected chi connectivity index (χ1v) is 7.43. The number of phenolic OH excluding ortho intramolecular Hbond substituents is 1. The Hall–Kier alpha value is -2.16. The Bertz CT molecular complexity index is 578. The number of aromatic hydroxyl groups is 1. The van der Waals surface area contributed by atoms with E-state index < -0.39 is 0 Å². The summed E-state index contributed by atoms with van der Waals surface area (Å²) in [5.74, 6) is 1.20. The van der Waals surface area contributed by atoms with E-state index in [-0.39, 0.29) is 6.04 Å². The van der Waals surface area contributed by atoms with Crippen molar-refractivity contribution in [2.45, 2.75) is 33.2 Å². The summed E-state index contributed by atoms with van der Waals surface area (Å²) in [5.41, 5.74) is 3.44. The van der Waals surface area contributed by atoms with Crippen LogP contribution in [0.5, 0.6) is 11.5 Å². The molecule has 0 saturated carbocycles. The summed E-state index contributed by atoms with van der Waals surface area (Å²) >= 11 is 0. The molecule has 112 valence electrons. The van der Waals surface area contributed by atoms with Crippen LogP contribution >= 0.6 is 0 Å². The van der Waals surface area contributed by atoms with Crippen LogP contribution in [0.25, 0.3) is 0 Å². The van der Waals surface area contributed by atoms with E-state index in [0.29, 0.717) is 12.4 Å². The van der Waals surface area contributed by atoms with Crippen LogP contribution < -0.4 is 10.1 Å². The molecule has 2 aromatic carbocycles. The number of hydrogen-bond acceptors (Lipinski definition) is 3. The number of ether oxygens (including phenoxy) is 1. The maximum Gasteiger partial charge on any atom is 0.119 e. The summed E-state index contributed by atoms with van der Waals surface area (Å²) in [7, 11) is 0. The SMILES string of the molecule is CCOc1ccc(NC(CC)c2ccc(O)cc2)c(C)c1. The molecule has 3 nitrogen and oxygen atoms in total. The van der Waals surface area contributed by atoms with Crippen LogP contribution in [0.4, 0.5) is 5.69 Å². The molecule has 0 spiro atoms. The van der Waals surface area contributed by atoms with Gasteiger partial charge < -0.3 is 15.2 Å². The summed E-state index contributed by atoms with van der Waals surface area (Å²) in [6.07, 6.45) is 0.970. The van der Waals surface area contributed by atoms with Gasteiger partial charge in [0.05, 0.1) is 12.6 Å². The smallest absolute Gasteiger partial charge is 0.119 e. The molecule has 1 atom stereocenters. The highest BCUT2D eigenvalue weighted by Gasteiger charge is 2.10. The summed E-state index contributed by atoms with van der Waals surface area (Å²) in [4.78, 5) is 0. The minimum Gasteiger partial charge on any atom is -0.508 e. The number of nitrogens with one attached hydrogen (secondary N) is 1. The van der Waals surface area contributed by atoms with Gasteiger partial charge in [0.2, 0.25) is 0 Å². The molecule has 0 bridgehead atoms. The number of aryl methyl sites for hydroxylation is 1. The highest BCUT2D eigenvalue weighted by molar-refractivity contribution is 5.55. The van der Waals surface area contributed by atoms with E-state index in [1.807, 2.05) is 25.1 Å². The monoisotopic (exact) mass is 285 g/mol. The predicted octanol–water partition coefficient (Wildman–Crippen LogP) is 4.66. The highest BCUT2D eigenvalue weighted by atomic mass is 16.5. The molecule has 0 saturated heterocycles. The number of phenols is 1. The van der Waals surface area contributed by atoms with Crippen molar-refractivity contribution >= 4 is 5.69 Å². The van der Waals surface area contributed by atoms with E-state index in [1.165, 1.54) is 5.56 Å². The minimum atomic E-state index is 0.224. The van der Waals surface area contributed by atoms with Crippen molar-refractivity contribution in [3.63, 3.8) is 0 Å². The molecular weight excluding hydrogens is 262 g/mol. The number of rotatable bonds is 6. The molecule has 2 rings (SSSR count). The Morgan fingerprint density at radius 2 is 1.81 bits per heavy atom. The third kappa shape index (κ3) is 3.91. The largest absolute Gasteiger partial charge is 0.508 e. The molecule has 2 aromatic rings. The van der Waals surface area contributed by atoms with Gasteiger partial charge in [-0.25, -0.2) is 0 Å². The zero-order valence-electron chi connectivity index (χ0n) is 12.9. The van der Waals surface area contributed by atoms with Crippen LogP contribution in [0, 0.1) is 6.92 Å². The van der Waals surface area contributed by atoms with E-state index in [9.17, 15) is 5.11 Å². The molecule has 2 N–H and O–H groups in total. The van der Waals surface area contributed by atoms with Gasteiger partial charge in [-0.05, 0) is 61.7 Å². The number of anilines is 1. The van der Waals surface area contributed by atoms with Gasteiger partial charge in [0.15, 0.2) is 0 Å².